The van der Waals surface area contributed by atoms with E-state index in [4.69, 9.17) is 63.2 Å². The average molecular weight is 550 g/mol. The average Bonchev–Trinajstić information content (AvgIpc) is 3.25. The molecule has 3 aliphatic rings. The van der Waals surface area contributed by atoms with Crippen LogP contribution in [0.25, 0.3) is 0 Å². The molecule has 188 valence electrons. The van der Waals surface area contributed by atoms with Gasteiger partial charge in [-0.15, -0.1) is 0 Å². The highest BCUT2D eigenvalue weighted by atomic mass is 35.5. The first-order chi connectivity index (χ1) is 17.4. The minimum atomic E-state index is -1.64. The van der Waals surface area contributed by atoms with E-state index < -0.39 is 40.2 Å². The van der Waals surface area contributed by atoms with Crippen LogP contribution in [0.5, 0.6) is 0 Å². The molecule has 3 aromatic carbocycles. The van der Waals surface area contributed by atoms with E-state index in [0.717, 1.165) is 0 Å². The van der Waals surface area contributed by atoms with Crippen LogP contribution in [-0.4, -0.2) is 37.6 Å². The molecule has 0 N–H and O–H groups in total. The van der Waals surface area contributed by atoms with Gasteiger partial charge in [0.1, 0.15) is 24.4 Å². The Morgan fingerprint density at radius 3 is 1.19 bits per heavy atom. The van der Waals surface area contributed by atoms with Crippen LogP contribution in [0.2, 0.25) is 0 Å². The van der Waals surface area contributed by atoms with E-state index in [2.05, 4.69) is 0 Å². The fourth-order valence-electron chi connectivity index (χ4n) is 4.67. The SMILES string of the molecule is ClC1(c2ccccc2)OC[C@@H]2OC(Cl)(c3ccccc3)O[C@H](CO1)[C@H]1OC(Cl)(c3ccccc3)O[C@@H]12. The van der Waals surface area contributed by atoms with Crippen molar-refractivity contribution in [1.29, 1.82) is 0 Å². The first-order valence-electron chi connectivity index (χ1n) is 11.6. The summed E-state index contributed by atoms with van der Waals surface area (Å²) in [5, 5.41) is -4.75. The van der Waals surface area contributed by atoms with Crippen molar-refractivity contribution in [2.45, 2.75) is 40.2 Å². The predicted molar refractivity (Wildman–Crippen MR) is 133 cm³/mol. The van der Waals surface area contributed by atoms with E-state index in [0.29, 0.717) is 16.7 Å². The molecule has 3 aromatic rings. The molecule has 6 rings (SSSR count). The Balaban J connectivity index is 1.39. The summed E-state index contributed by atoms with van der Waals surface area (Å²) in [6.07, 6.45) is -2.94. The molecule has 3 fully saturated rings. The molecule has 3 aliphatic heterocycles. The van der Waals surface area contributed by atoms with E-state index in [1.54, 1.807) is 0 Å². The van der Waals surface area contributed by atoms with E-state index in [9.17, 15) is 0 Å². The van der Waals surface area contributed by atoms with Gasteiger partial charge in [-0.1, -0.05) is 126 Å². The van der Waals surface area contributed by atoms with E-state index >= 15 is 0 Å². The summed E-state index contributed by atoms with van der Waals surface area (Å²) in [5.74, 6) is 0. The predicted octanol–water partition coefficient (Wildman–Crippen LogP) is 5.75. The minimum Gasteiger partial charge on any atom is -0.331 e. The van der Waals surface area contributed by atoms with Crippen molar-refractivity contribution < 1.29 is 28.4 Å². The molecule has 0 saturated carbocycles. The number of rotatable bonds is 3. The molecule has 6 nitrogen and oxygen atoms in total. The van der Waals surface area contributed by atoms with Crippen LogP contribution in [0.4, 0.5) is 0 Å². The van der Waals surface area contributed by atoms with Crippen LogP contribution in [0.1, 0.15) is 16.7 Å². The standard InChI is InChI=1S/C27H23Cl3O6/c28-25(18-10-4-1-5-11-18)31-16-21-23-24(36-27(30,35-23)20-14-8-3-9-15-20)22(17-32-25)34-26(29,33-21)19-12-6-2-7-13-19/h1-15,21-24H,16-17H2/t21-,22+,23-,24-,25?,26?,27?/m1/s1. The number of hydrogen-bond acceptors (Lipinski definition) is 6. The van der Waals surface area contributed by atoms with Gasteiger partial charge in [-0.2, -0.15) is 0 Å². The summed E-state index contributed by atoms with van der Waals surface area (Å²) < 4.78 is 37.8. The molecule has 2 bridgehead atoms. The Morgan fingerprint density at radius 2 is 0.806 bits per heavy atom. The van der Waals surface area contributed by atoms with Gasteiger partial charge in [-0.25, -0.2) is 0 Å². The van der Waals surface area contributed by atoms with Gasteiger partial charge in [0.25, 0.3) is 15.7 Å². The number of ether oxygens (including phenoxy) is 6. The lowest BCUT2D eigenvalue weighted by Gasteiger charge is -2.37. The van der Waals surface area contributed by atoms with E-state index in [1.807, 2.05) is 91.0 Å². The summed E-state index contributed by atoms with van der Waals surface area (Å²) in [6, 6.07) is 27.8. The summed E-state index contributed by atoms with van der Waals surface area (Å²) in [7, 11) is 0. The number of alkyl halides is 3. The normalized spacial score (nSPS) is 38.4. The fraction of sp³-hybridized carbons (Fsp3) is 0.333. The Hall–Kier alpha value is -1.71. The number of hydrogen-bond donors (Lipinski definition) is 0. The topological polar surface area (TPSA) is 55.4 Å². The fourth-order valence-corrected chi connectivity index (χ4v) is 5.61. The van der Waals surface area contributed by atoms with Crippen LogP contribution >= 0.6 is 34.8 Å². The Bertz CT molecular complexity index is 1120. The maximum absolute atomic E-state index is 6.99. The lowest BCUT2D eigenvalue weighted by atomic mass is 10.0. The zero-order valence-electron chi connectivity index (χ0n) is 19.0. The molecule has 3 saturated heterocycles. The van der Waals surface area contributed by atoms with Crippen molar-refractivity contribution in [3.63, 3.8) is 0 Å². The smallest absolute Gasteiger partial charge is 0.277 e. The molecular formula is C27H23Cl3O6. The highest BCUT2D eigenvalue weighted by Crippen LogP contribution is 2.50. The first-order valence-corrected chi connectivity index (χ1v) is 12.7. The molecule has 9 heteroatoms. The van der Waals surface area contributed by atoms with Gasteiger partial charge in [0.05, 0.1) is 13.2 Å². The van der Waals surface area contributed by atoms with Gasteiger partial charge in [-0.3, -0.25) is 0 Å². The van der Waals surface area contributed by atoms with Crippen molar-refractivity contribution in [1.82, 2.24) is 0 Å². The molecule has 0 radical (unpaired) electrons. The minimum absolute atomic E-state index is 0.0396. The van der Waals surface area contributed by atoms with Gasteiger partial charge in [0.2, 0.25) is 0 Å². The van der Waals surface area contributed by atoms with Crippen LogP contribution in [0.15, 0.2) is 91.0 Å². The third-order valence-electron chi connectivity index (χ3n) is 6.46. The van der Waals surface area contributed by atoms with Crippen molar-refractivity contribution in [3.8, 4) is 0 Å². The lowest BCUT2D eigenvalue weighted by molar-refractivity contribution is -0.298. The maximum Gasteiger partial charge on any atom is 0.277 e. The molecule has 0 spiro atoms. The summed E-state index contributed by atoms with van der Waals surface area (Å²) >= 11 is 20.7. The molecule has 3 unspecified atom stereocenters. The summed E-state index contributed by atoms with van der Waals surface area (Å²) in [6.45, 7) is -0.0792. The van der Waals surface area contributed by atoms with Gasteiger partial charge in [0, 0.05) is 16.7 Å². The summed E-state index contributed by atoms with van der Waals surface area (Å²) in [4.78, 5) is 0. The zero-order chi connectivity index (χ0) is 24.8. The van der Waals surface area contributed by atoms with E-state index in [-0.39, 0.29) is 13.2 Å². The monoisotopic (exact) mass is 548 g/mol. The molecule has 0 amide bonds. The van der Waals surface area contributed by atoms with Gasteiger partial charge in [0.15, 0.2) is 0 Å². The first kappa shape index (κ1) is 24.6. The second-order valence-electron chi connectivity index (χ2n) is 8.81. The van der Waals surface area contributed by atoms with Crippen molar-refractivity contribution in [2.24, 2.45) is 0 Å². The van der Waals surface area contributed by atoms with Crippen LogP contribution in [0, 0.1) is 0 Å². The second-order valence-corrected chi connectivity index (χ2v) is 10.3. The van der Waals surface area contributed by atoms with Crippen LogP contribution in [0.3, 0.4) is 0 Å². The zero-order valence-corrected chi connectivity index (χ0v) is 21.2. The molecule has 3 heterocycles. The van der Waals surface area contributed by atoms with Gasteiger partial charge in [-0.05, 0) is 0 Å². The van der Waals surface area contributed by atoms with Crippen LogP contribution in [-0.2, 0) is 44.2 Å². The Kier molecular flexibility index (Phi) is 6.53. The second kappa shape index (κ2) is 9.55. The van der Waals surface area contributed by atoms with Gasteiger partial charge >= 0.3 is 0 Å². The summed E-state index contributed by atoms with van der Waals surface area (Å²) in [5.41, 5.74) is 1.89. The molecular weight excluding hydrogens is 527 g/mol. The molecule has 36 heavy (non-hydrogen) atoms. The number of halogens is 3. The largest absolute Gasteiger partial charge is 0.331 e. The van der Waals surface area contributed by atoms with Crippen molar-refractivity contribution in [3.05, 3.63) is 108 Å². The Labute approximate surface area is 223 Å². The van der Waals surface area contributed by atoms with E-state index in [1.165, 1.54) is 0 Å². The highest BCUT2D eigenvalue weighted by molar-refractivity contribution is 6.22. The number of benzene rings is 3. The van der Waals surface area contributed by atoms with Gasteiger partial charge < -0.3 is 28.4 Å². The third-order valence-corrected chi connectivity index (χ3v) is 7.69. The lowest BCUT2D eigenvalue weighted by Crippen LogP contribution is -2.43. The van der Waals surface area contributed by atoms with Crippen molar-refractivity contribution >= 4 is 34.8 Å². The maximum atomic E-state index is 6.99. The quantitative estimate of drug-likeness (QED) is 0.388. The molecule has 7 atom stereocenters. The third kappa shape index (κ3) is 4.45. The molecule has 0 aliphatic carbocycles. The highest BCUT2D eigenvalue weighted by Gasteiger charge is 2.60. The van der Waals surface area contributed by atoms with Crippen molar-refractivity contribution in [2.75, 3.05) is 13.2 Å². The van der Waals surface area contributed by atoms with Crippen LogP contribution < -0.4 is 0 Å². The molecule has 0 aromatic heterocycles. The Morgan fingerprint density at radius 1 is 0.472 bits per heavy atom.